The molecule has 2 saturated carbocycles. The van der Waals surface area contributed by atoms with Crippen LogP contribution in [0, 0.1) is 5.92 Å². The van der Waals surface area contributed by atoms with Crippen molar-refractivity contribution in [2.45, 2.75) is 66.4 Å². The number of Topliss-reactive ketones (excluding diaryl/α,β-unsaturated/α-hetero) is 1. The lowest BCUT2D eigenvalue weighted by Gasteiger charge is -2.36. The molecule has 2 aromatic rings. The molecule has 5 nitrogen and oxygen atoms in total. The number of carbonyl (C=O) groups is 1. The first-order valence-electron chi connectivity index (χ1n) is 13.7. The maximum Gasteiger partial charge on any atom is 0.488 e. The van der Waals surface area contributed by atoms with Crippen LogP contribution in [-0.4, -0.2) is 53.4 Å². The number of fused-ring (bicyclic) bond motifs is 3. The predicted octanol–water partition coefficient (Wildman–Crippen LogP) is 3.94. The molecule has 3 N–H and O–H groups in total. The summed E-state index contributed by atoms with van der Waals surface area (Å²) in [7, 11) is 0.500. The van der Waals surface area contributed by atoms with Crippen LogP contribution in [0.15, 0.2) is 53.4 Å². The van der Waals surface area contributed by atoms with Gasteiger partial charge in [-0.3, -0.25) is 4.79 Å². The van der Waals surface area contributed by atoms with Crippen LogP contribution in [0.3, 0.4) is 0 Å². The van der Waals surface area contributed by atoms with Gasteiger partial charge < -0.3 is 20.1 Å². The van der Waals surface area contributed by atoms with Gasteiger partial charge in [0.15, 0.2) is 5.78 Å². The standard InChI is InChI=1S/C30H36BNO4S2/c1-32-17-20-7-9-25-23(14-20)29(18-36-25)12-10-19(11-13-29)6-8-24(33)26-16-30(27(37-2)28(30)38-26)21-4-3-5-22(15-21)31(34)35/h3-5,7,9,14-16,19,27-28,32,34-35H,6,8,10-13,17-18H2,1-2H3. The van der Waals surface area contributed by atoms with Crippen molar-refractivity contribution in [3.8, 4) is 5.75 Å². The Morgan fingerprint density at radius 1 is 1.21 bits per heavy atom. The molecule has 2 aliphatic carbocycles. The summed E-state index contributed by atoms with van der Waals surface area (Å²) >= 11 is 3.56. The summed E-state index contributed by atoms with van der Waals surface area (Å²) in [6.45, 7) is 1.66. The molecule has 3 atom stereocenters. The van der Waals surface area contributed by atoms with Crippen LogP contribution >= 0.6 is 23.5 Å². The maximum absolute atomic E-state index is 13.3. The summed E-state index contributed by atoms with van der Waals surface area (Å²) in [6, 6.07) is 14.2. The van der Waals surface area contributed by atoms with Crippen LogP contribution in [0.5, 0.6) is 5.75 Å². The molecule has 38 heavy (non-hydrogen) atoms. The van der Waals surface area contributed by atoms with Gasteiger partial charge in [0.2, 0.25) is 0 Å². The second-order valence-corrected chi connectivity index (χ2v) is 13.6. The Labute approximate surface area is 234 Å². The summed E-state index contributed by atoms with van der Waals surface area (Å²) in [5.41, 5.74) is 4.24. The summed E-state index contributed by atoms with van der Waals surface area (Å²) in [4.78, 5) is 14.2. The van der Waals surface area contributed by atoms with Crippen molar-refractivity contribution in [1.29, 1.82) is 0 Å². The van der Waals surface area contributed by atoms with Crippen molar-refractivity contribution in [2.75, 3.05) is 19.9 Å². The summed E-state index contributed by atoms with van der Waals surface area (Å²) in [5.74, 6) is 1.91. The fourth-order valence-corrected chi connectivity index (χ4v) is 10.3. The number of carbonyl (C=O) groups excluding carboxylic acids is 1. The maximum atomic E-state index is 13.3. The quantitative estimate of drug-likeness (QED) is 0.409. The van der Waals surface area contributed by atoms with E-state index in [4.69, 9.17) is 4.74 Å². The molecule has 200 valence electrons. The van der Waals surface area contributed by atoms with Gasteiger partial charge in [-0.25, -0.2) is 0 Å². The molecule has 0 saturated heterocycles. The van der Waals surface area contributed by atoms with E-state index in [2.05, 4.69) is 41.9 Å². The SMILES string of the molecule is CNCc1ccc2c(c1)C1(CCC(CCC(=O)C3=CC4(c5cccc(B(O)O)c5)C(SC)C4S3)CC1)CO2. The molecule has 1 spiro atoms. The number of thioether (sulfide) groups is 2. The Bertz CT molecular complexity index is 1260. The lowest BCUT2D eigenvalue weighted by molar-refractivity contribution is -0.115. The largest absolute Gasteiger partial charge is 0.492 e. The number of rotatable bonds is 9. The highest BCUT2D eigenvalue weighted by Gasteiger charge is 2.68. The summed E-state index contributed by atoms with van der Waals surface area (Å²) in [5, 5.41) is 23.3. The molecule has 0 radical (unpaired) electrons. The van der Waals surface area contributed by atoms with E-state index in [-0.39, 0.29) is 16.6 Å². The molecular weight excluding hydrogens is 513 g/mol. The minimum Gasteiger partial charge on any atom is -0.492 e. The highest BCUT2D eigenvalue weighted by molar-refractivity contribution is 8.08. The van der Waals surface area contributed by atoms with Gasteiger partial charge in [0.25, 0.3) is 0 Å². The van der Waals surface area contributed by atoms with Gasteiger partial charge in [-0.1, -0.05) is 42.5 Å². The van der Waals surface area contributed by atoms with E-state index < -0.39 is 7.12 Å². The second-order valence-electron chi connectivity index (χ2n) is 11.5. The van der Waals surface area contributed by atoms with Gasteiger partial charge in [0, 0.05) is 44.8 Å². The third-order valence-corrected chi connectivity index (χ3v) is 12.1. The first-order chi connectivity index (χ1) is 18.4. The minimum atomic E-state index is -1.48. The molecule has 4 aliphatic rings. The number of allylic oxidation sites excluding steroid dienone is 2. The van der Waals surface area contributed by atoms with Crippen molar-refractivity contribution in [3.63, 3.8) is 0 Å². The zero-order valence-electron chi connectivity index (χ0n) is 22.1. The third-order valence-electron chi connectivity index (χ3n) is 9.29. The molecule has 8 heteroatoms. The lowest BCUT2D eigenvalue weighted by atomic mass is 9.67. The van der Waals surface area contributed by atoms with Gasteiger partial charge in [-0.05, 0) is 74.0 Å². The topological polar surface area (TPSA) is 78.8 Å². The Morgan fingerprint density at radius 2 is 2.03 bits per heavy atom. The van der Waals surface area contributed by atoms with Gasteiger partial charge in [0.1, 0.15) is 5.75 Å². The zero-order valence-corrected chi connectivity index (χ0v) is 23.7. The van der Waals surface area contributed by atoms with E-state index in [1.807, 2.05) is 30.9 Å². The van der Waals surface area contributed by atoms with Crippen molar-refractivity contribution in [2.24, 2.45) is 5.92 Å². The zero-order chi connectivity index (χ0) is 26.5. The number of hydrogen-bond acceptors (Lipinski definition) is 7. The number of ether oxygens (including phenoxy) is 1. The Balaban J connectivity index is 1.08. The van der Waals surface area contributed by atoms with Crippen LogP contribution in [-0.2, 0) is 22.2 Å². The first-order valence-corrected chi connectivity index (χ1v) is 15.9. The predicted molar refractivity (Wildman–Crippen MR) is 157 cm³/mol. The van der Waals surface area contributed by atoms with Crippen molar-refractivity contribution < 1.29 is 19.6 Å². The highest BCUT2D eigenvalue weighted by atomic mass is 32.2. The van der Waals surface area contributed by atoms with Crippen LogP contribution in [0.2, 0.25) is 0 Å². The number of ketones is 1. The van der Waals surface area contributed by atoms with E-state index in [1.54, 1.807) is 17.8 Å². The fourth-order valence-electron chi connectivity index (χ4n) is 7.02. The van der Waals surface area contributed by atoms with E-state index in [0.29, 0.717) is 28.3 Å². The van der Waals surface area contributed by atoms with Crippen LogP contribution in [0.4, 0.5) is 0 Å². The van der Waals surface area contributed by atoms with E-state index in [1.165, 1.54) is 11.1 Å². The smallest absolute Gasteiger partial charge is 0.488 e. The van der Waals surface area contributed by atoms with E-state index in [9.17, 15) is 14.8 Å². The van der Waals surface area contributed by atoms with E-state index >= 15 is 0 Å². The van der Waals surface area contributed by atoms with Crippen molar-refractivity contribution in [3.05, 3.63) is 70.1 Å². The molecule has 3 unspecified atom stereocenters. The monoisotopic (exact) mass is 549 g/mol. The Hall–Kier alpha value is -1.71. The minimum absolute atomic E-state index is 0.139. The molecule has 2 fully saturated rings. The first kappa shape index (κ1) is 26.5. The average molecular weight is 550 g/mol. The number of hydrogen-bond donors (Lipinski definition) is 3. The van der Waals surface area contributed by atoms with Crippen molar-refractivity contribution >= 4 is 41.9 Å². The van der Waals surface area contributed by atoms with Crippen LogP contribution < -0.4 is 15.5 Å². The van der Waals surface area contributed by atoms with Gasteiger partial charge in [-0.2, -0.15) is 11.8 Å². The van der Waals surface area contributed by atoms with Crippen LogP contribution in [0.1, 0.15) is 55.2 Å². The highest BCUT2D eigenvalue weighted by Crippen LogP contribution is 2.68. The van der Waals surface area contributed by atoms with Gasteiger partial charge >= 0.3 is 7.12 Å². The molecular formula is C30H36BNO4S2. The van der Waals surface area contributed by atoms with Crippen LogP contribution in [0.25, 0.3) is 0 Å². The molecule has 2 aromatic carbocycles. The Kier molecular flexibility index (Phi) is 7.23. The summed E-state index contributed by atoms with van der Waals surface area (Å²) in [6.07, 6.45) is 10.4. The van der Waals surface area contributed by atoms with Gasteiger partial charge in [0.05, 0.1) is 6.61 Å². The second kappa shape index (κ2) is 10.4. The Morgan fingerprint density at radius 3 is 2.76 bits per heavy atom. The molecule has 2 heterocycles. The lowest BCUT2D eigenvalue weighted by Crippen LogP contribution is -2.33. The molecule has 2 aliphatic heterocycles. The molecule has 0 amide bonds. The summed E-state index contributed by atoms with van der Waals surface area (Å²) < 4.78 is 6.11. The molecule has 0 aromatic heterocycles. The van der Waals surface area contributed by atoms with E-state index in [0.717, 1.165) is 61.5 Å². The fraction of sp³-hybridized carbons (Fsp3) is 0.500. The molecule has 6 rings (SSSR count). The number of nitrogens with one attached hydrogen (secondary N) is 1. The average Bonchev–Trinajstić information content (AvgIpc) is 3.18. The van der Waals surface area contributed by atoms with Gasteiger partial charge in [-0.15, -0.1) is 11.8 Å². The third kappa shape index (κ3) is 4.46. The molecule has 0 bridgehead atoms. The van der Waals surface area contributed by atoms with Crippen molar-refractivity contribution in [1.82, 2.24) is 5.32 Å². The normalized spacial score (nSPS) is 30.9. The number of benzene rings is 2.